The van der Waals surface area contributed by atoms with E-state index >= 15 is 0 Å². The molecule has 27 heavy (non-hydrogen) atoms. The summed E-state index contributed by atoms with van der Waals surface area (Å²) in [5.41, 5.74) is 2.25. The maximum Gasteiger partial charge on any atom is 0.257 e. The molecule has 1 aromatic heterocycles. The summed E-state index contributed by atoms with van der Waals surface area (Å²) in [5.74, 6) is 0.812. The minimum Gasteiger partial charge on any atom is -0.496 e. The summed E-state index contributed by atoms with van der Waals surface area (Å²) in [6.45, 7) is 6.20. The van der Waals surface area contributed by atoms with Crippen LogP contribution in [0.1, 0.15) is 46.0 Å². The van der Waals surface area contributed by atoms with Gasteiger partial charge in [0, 0.05) is 38.6 Å². The lowest BCUT2D eigenvalue weighted by atomic mass is 9.99. The molecule has 1 aromatic carbocycles. The maximum atomic E-state index is 13.0. The third kappa shape index (κ3) is 4.10. The molecule has 6 nitrogen and oxygen atoms in total. The summed E-state index contributed by atoms with van der Waals surface area (Å²) in [4.78, 5) is 33.1. The Labute approximate surface area is 159 Å². The van der Waals surface area contributed by atoms with Crippen LogP contribution in [-0.2, 0) is 0 Å². The van der Waals surface area contributed by atoms with E-state index in [1.807, 2.05) is 18.2 Å². The van der Waals surface area contributed by atoms with E-state index in [-0.39, 0.29) is 11.8 Å². The van der Waals surface area contributed by atoms with Gasteiger partial charge in [-0.25, -0.2) is 0 Å². The van der Waals surface area contributed by atoms with Crippen molar-refractivity contribution in [1.29, 1.82) is 0 Å². The molecule has 3 rings (SSSR count). The third-order valence-electron chi connectivity index (χ3n) is 4.88. The first-order chi connectivity index (χ1) is 13.0. The van der Waals surface area contributed by atoms with Crippen molar-refractivity contribution in [2.24, 2.45) is 0 Å². The molecule has 0 unspecified atom stereocenters. The molecule has 0 bridgehead atoms. The topological polar surface area (TPSA) is 62.7 Å². The van der Waals surface area contributed by atoms with Gasteiger partial charge in [-0.3, -0.25) is 14.6 Å². The summed E-state index contributed by atoms with van der Waals surface area (Å²) >= 11 is 0. The Morgan fingerprint density at radius 2 is 1.70 bits per heavy atom. The molecule has 1 aliphatic heterocycles. The maximum absolute atomic E-state index is 13.0. The van der Waals surface area contributed by atoms with Crippen LogP contribution < -0.4 is 4.74 Å². The van der Waals surface area contributed by atoms with Crippen LogP contribution in [0, 0.1) is 0 Å². The van der Waals surface area contributed by atoms with Crippen molar-refractivity contribution in [1.82, 2.24) is 14.8 Å². The van der Waals surface area contributed by atoms with Gasteiger partial charge in [0.15, 0.2) is 0 Å². The second kappa shape index (κ2) is 8.20. The second-order valence-corrected chi connectivity index (χ2v) is 6.94. The largest absolute Gasteiger partial charge is 0.496 e. The van der Waals surface area contributed by atoms with Gasteiger partial charge < -0.3 is 14.5 Å². The Kier molecular flexibility index (Phi) is 5.74. The van der Waals surface area contributed by atoms with Gasteiger partial charge in [-0.05, 0) is 35.7 Å². The molecule has 1 fully saturated rings. The number of pyridine rings is 1. The molecule has 2 heterocycles. The van der Waals surface area contributed by atoms with Gasteiger partial charge in [-0.15, -0.1) is 0 Å². The van der Waals surface area contributed by atoms with E-state index in [2.05, 4.69) is 18.8 Å². The van der Waals surface area contributed by atoms with E-state index in [0.29, 0.717) is 49.0 Å². The van der Waals surface area contributed by atoms with Crippen molar-refractivity contribution >= 4 is 11.8 Å². The summed E-state index contributed by atoms with van der Waals surface area (Å²) < 4.78 is 5.39. The molecule has 0 atom stereocenters. The van der Waals surface area contributed by atoms with Crippen molar-refractivity contribution in [2.45, 2.75) is 19.8 Å². The van der Waals surface area contributed by atoms with Gasteiger partial charge in [-0.1, -0.05) is 19.9 Å². The highest BCUT2D eigenvalue weighted by Gasteiger charge is 2.27. The van der Waals surface area contributed by atoms with E-state index in [4.69, 9.17) is 4.74 Å². The lowest BCUT2D eigenvalue weighted by Gasteiger charge is -2.35. The SMILES string of the molecule is COc1ccc(C(C)C)cc1C(=O)N1CCN(C(=O)c2cccnc2)CC1. The Balaban J connectivity index is 1.70. The molecule has 142 valence electrons. The van der Waals surface area contributed by atoms with Crippen molar-refractivity contribution in [3.05, 3.63) is 59.4 Å². The van der Waals surface area contributed by atoms with Gasteiger partial charge in [-0.2, -0.15) is 0 Å². The minimum absolute atomic E-state index is 0.0467. The molecule has 0 radical (unpaired) electrons. The highest BCUT2D eigenvalue weighted by atomic mass is 16.5. The Morgan fingerprint density at radius 3 is 2.26 bits per heavy atom. The molecule has 0 N–H and O–H groups in total. The number of carbonyl (C=O) groups excluding carboxylic acids is 2. The number of methoxy groups -OCH3 is 1. The molecule has 0 saturated carbocycles. The number of amides is 2. The summed E-state index contributed by atoms with van der Waals surface area (Å²) in [6, 6.07) is 9.27. The number of rotatable bonds is 4. The highest BCUT2D eigenvalue weighted by molar-refractivity contribution is 5.98. The standard InChI is InChI=1S/C21H25N3O3/c1-15(2)16-6-7-19(27-3)18(13-16)21(26)24-11-9-23(10-12-24)20(25)17-5-4-8-22-14-17/h4-8,13-15H,9-12H2,1-3H3. The van der Waals surface area contributed by atoms with Crippen LogP contribution in [0.2, 0.25) is 0 Å². The van der Waals surface area contributed by atoms with E-state index in [1.165, 1.54) is 0 Å². The zero-order chi connectivity index (χ0) is 19.4. The van der Waals surface area contributed by atoms with E-state index < -0.39 is 0 Å². The average Bonchev–Trinajstić information content (AvgIpc) is 2.73. The second-order valence-electron chi connectivity index (χ2n) is 6.94. The Morgan fingerprint density at radius 1 is 1.04 bits per heavy atom. The van der Waals surface area contributed by atoms with Gasteiger partial charge in [0.2, 0.25) is 0 Å². The first-order valence-corrected chi connectivity index (χ1v) is 9.17. The number of ether oxygens (including phenoxy) is 1. The normalized spacial score (nSPS) is 14.4. The van der Waals surface area contributed by atoms with Gasteiger partial charge >= 0.3 is 0 Å². The molecular formula is C21H25N3O3. The average molecular weight is 367 g/mol. The number of aromatic nitrogens is 1. The van der Waals surface area contributed by atoms with Crippen molar-refractivity contribution in [3.63, 3.8) is 0 Å². The lowest BCUT2D eigenvalue weighted by Crippen LogP contribution is -2.50. The van der Waals surface area contributed by atoms with Crippen molar-refractivity contribution < 1.29 is 14.3 Å². The number of benzene rings is 1. The predicted octanol–water partition coefficient (Wildman–Crippen LogP) is 2.81. The first kappa shape index (κ1) is 18.9. The number of hydrogen-bond acceptors (Lipinski definition) is 4. The summed E-state index contributed by atoms with van der Waals surface area (Å²) in [7, 11) is 1.58. The van der Waals surface area contributed by atoms with Crippen LogP contribution >= 0.6 is 0 Å². The van der Waals surface area contributed by atoms with Crippen LogP contribution in [0.5, 0.6) is 5.75 Å². The molecule has 2 aromatic rings. The minimum atomic E-state index is -0.0529. The Bertz CT molecular complexity index is 813. The number of carbonyl (C=O) groups is 2. The first-order valence-electron chi connectivity index (χ1n) is 9.17. The zero-order valence-electron chi connectivity index (χ0n) is 16.0. The lowest BCUT2D eigenvalue weighted by molar-refractivity contribution is 0.0533. The molecule has 0 aliphatic carbocycles. The molecule has 2 amide bonds. The monoisotopic (exact) mass is 367 g/mol. The van der Waals surface area contributed by atoms with Crippen LogP contribution in [0.25, 0.3) is 0 Å². The number of hydrogen-bond donors (Lipinski definition) is 0. The molecule has 1 aliphatic rings. The quantitative estimate of drug-likeness (QED) is 0.834. The summed E-state index contributed by atoms with van der Waals surface area (Å²) in [5, 5.41) is 0. The molecular weight excluding hydrogens is 342 g/mol. The van der Waals surface area contributed by atoms with Crippen molar-refractivity contribution in [2.75, 3.05) is 33.3 Å². The molecule has 6 heteroatoms. The van der Waals surface area contributed by atoms with Crippen molar-refractivity contribution in [3.8, 4) is 5.75 Å². The van der Waals surface area contributed by atoms with Gasteiger partial charge in [0.1, 0.15) is 5.75 Å². The third-order valence-corrected chi connectivity index (χ3v) is 4.88. The molecule has 0 spiro atoms. The summed E-state index contributed by atoms with van der Waals surface area (Å²) in [6.07, 6.45) is 3.22. The fourth-order valence-corrected chi connectivity index (χ4v) is 3.21. The molecule has 1 saturated heterocycles. The van der Waals surface area contributed by atoms with Gasteiger partial charge in [0.05, 0.1) is 18.2 Å². The smallest absolute Gasteiger partial charge is 0.257 e. The van der Waals surface area contributed by atoms with Crippen LogP contribution in [0.15, 0.2) is 42.7 Å². The predicted molar refractivity (Wildman–Crippen MR) is 103 cm³/mol. The van der Waals surface area contributed by atoms with E-state index in [9.17, 15) is 9.59 Å². The van der Waals surface area contributed by atoms with Crippen LogP contribution in [0.3, 0.4) is 0 Å². The number of piperazine rings is 1. The van der Waals surface area contributed by atoms with Crippen LogP contribution in [-0.4, -0.2) is 59.9 Å². The van der Waals surface area contributed by atoms with Gasteiger partial charge in [0.25, 0.3) is 11.8 Å². The Hall–Kier alpha value is -2.89. The van der Waals surface area contributed by atoms with E-state index in [1.54, 1.807) is 41.4 Å². The highest BCUT2D eigenvalue weighted by Crippen LogP contribution is 2.26. The van der Waals surface area contributed by atoms with Crippen LogP contribution in [0.4, 0.5) is 0 Å². The zero-order valence-corrected chi connectivity index (χ0v) is 16.0. The van der Waals surface area contributed by atoms with E-state index in [0.717, 1.165) is 5.56 Å². The fraction of sp³-hybridized carbons (Fsp3) is 0.381. The number of nitrogens with zero attached hydrogens (tertiary/aromatic N) is 3. The fourth-order valence-electron chi connectivity index (χ4n) is 3.21.